The summed E-state index contributed by atoms with van der Waals surface area (Å²) >= 11 is 0. The number of rotatable bonds is 5. The van der Waals surface area contributed by atoms with E-state index in [1.807, 2.05) is 35.2 Å². The number of benzene rings is 3. The lowest BCUT2D eigenvalue weighted by atomic mass is 10.1. The molecule has 1 aliphatic rings. The monoisotopic (exact) mass is 458 g/mol. The summed E-state index contributed by atoms with van der Waals surface area (Å²) in [5.74, 6) is 1.11. The molecule has 1 fully saturated rings. The fraction of sp³-hybridized carbons (Fsp3) is 0.192. The smallest absolute Gasteiger partial charge is 0.258 e. The van der Waals surface area contributed by atoms with Crippen LogP contribution in [0.15, 0.2) is 77.3 Å². The molecule has 0 saturated carbocycles. The minimum atomic E-state index is -0.331. The summed E-state index contributed by atoms with van der Waals surface area (Å²) in [6, 6.07) is 21.0. The van der Waals surface area contributed by atoms with Crippen LogP contribution in [0.25, 0.3) is 22.8 Å². The molecule has 0 aliphatic carbocycles. The molecule has 1 aromatic heterocycles. The van der Waals surface area contributed by atoms with Crippen molar-refractivity contribution in [3.8, 4) is 28.6 Å². The van der Waals surface area contributed by atoms with Gasteiger partial charge in [0, 0.05) is 54.6 Å². The van der Waals surface area contributed by atoms with Gasteiger partial charge in [0.05, 0.1) is 7.11 Å². The standard InChI is InChI=1S/C26H23FN4O3/c1-33-23-7-3-6-22(17-23)30-12-14-31(15-13-30)26(32)20-5-2-4-19(16-20)25-28-24(29-34-25)18-8-10-21(27)11-9-18/h2-11,16-17H,12-15H2,1H3. The van der Waals surface area contributed by atoms with Crippen LogP contribution in [-0.4, -0.2) is 54.2 Å². The first kappa shape index (κ1) is 21.6. The molecule has 8 heteroatoms. The number of ether oxygens (including phenoxy) is 1. The number of amides is 1. The van der Waals surface area contributed by atoms with E-state index in [-0.39, 0.29) is 11.7 Å². The molecule has 7 nitrogen and oxygen atoms in total. The van der Waals surface area contributed by atoms with Crippen molar-refractivity contribution in [2.75, 3.05) is 38.2 Å². The van der Waals surface area contributed by atoms with Gasteiger partial charge in [-0.15, -0.1) is 0 Å². The molecule has 1 saturated heterocycles. The molecule has 34 heavy (non-hydrogen) atoms. The molecule has 1 amide bonds. The van der Waals surface area contributed by atoms with Crippen molar-refractivity contribution < 1.29 is 18.4 Å². The molecule has 2 heterocycles. The molecule has 5 rings (SSSR count). The molecule has 0 unspecified atom stereocenters. The van der Waals surface area contributed by atoms with Gasteiger partial charge < -0.3 is 19.1 Å². The molecular formula is C26H23FN4O3. The highest BCUT2D eigenvalue weighted by Crippen LogP contribution is 2.25. The van der Waals surface area contributed by atoms with E-state index < -0.39 is 0 Å². The Morgan fingerprint density at radius 2 is 1.71 bits per heavy atom. The summed E-state index contributed by atoms with van der Waals surface area (Å²) in [6.07, 6.45) is 0. The molecule has 0 spiro atoms. The van der Waals surface area contributed by atoms with Gasteiger partial charge in [0.1, 0.15) is 11.6 Å². The molecule has 172 valence electrons. The van der Waals surface area contributed by atoms with Gasteiger partial charge in [0.2, 0.25) is 5.82 Å². The molecule has 0 bridgehead atoms. The van der Waals surface area contributed by atoms with E-state index >= 15 is 0 Å². The van der Waals surface area contributed by atoms with Crippen LogP contribution in [-0.2, 0) is 0 Å². The van der Waals surface area contributed by atoms with Gasteiger partial charge in [-0.25, -0.2) is 4.39 Å². The molecular weight excluding hydrogens is 435 g/mol. The van der Waals surface area contributed by atoms with Crippen LogP contribution < -0.4 is 9.64 Å². The lowest BCUT2D eigenvalue weighted by molar-refractivity contribution is 0.0747. The molecule has 0 radical (unpaired) electrons. The van der Waals surface area contributed by atoms with Crippen LogP contribution in [0.2, 0.25) is 0 Å². The Kier molecular flexibility index (Phi) is 5.95. The second-order valence-electron chi connectivity index (χ2n) is 7.99. The number of anilines is 1. The maximum atomic E-state index is 13.2. The van der Waals surface area contributed by atoms with E-state index in [0.29, 0.717) is 41.5 Å². The van der Waals surface area contributed by atoms with Gasteiger partial charge >= 0.3 is 0 Å². The number of carbonyl (C=O) groups excluding carboxylic acids is 1. The van der Waals surface area contributed by atoms with Crippen LogP contribution in [0, 0.1) is 5.82 Å². The molecule has 1 aliphatic heterocycles. The minimum Gasteiger partial charge on any atom is -0.497 e. The summed E-state index contributed by atoms with van der Waals surface area (Å²) in [5.41, 5.74) is 2.95. The van der Waals surface area contributed by atoms with Gasteiger partial charge in [-0.05, 0) is 54.6 Å². The lowest BCUT2D eigenvalue weighted by Crippen LogP contribution is -2.48. The second kappa shape index (κ2) is 9.35. The quantitative estimate of drug-likeness (QED) is 0.438. The Morgan fingerprint density at radius 3 is 2.47 bits per heavy atom. The lowest BCUT2D eigenvalue weighted by Gasteiger charge is -2.36. The van der Waals surface area contributed by atoms with Crippen LogP contribution in [0.3, 0.4) is 0 Å². The largest absolute Gasteiger partial charge is 0.497 e. The Hall–Kier alpha value is -4.20. The zero-order valence-corrected chi connectivity index (χ0v) is 18.6. The summed E-state index contributed by atoms with van der Waals surface area (Å²) in [5, 5.41) is 3.99. The average Bonchev–Trinajstić information content (AvgIpc) is 3.39. The Balaban J connectivity index is 1.27. The fourth-order valence-corrected chi connectivity index (χ4v) is 4.00. The van der Waals surface area contributed by atoms with E-state index in [2.05, 4.69) is 15.0 Å². The Bertz CT molecular complexity index is 1300. The van der Waals surface area contributed by atoms with Crippen molar-refractivity contribution in [3.63, 3.8) is 0 Å². The van der Waals surface area contributed by atoms with E-state index in [4.69, 9.17) is 9.26 Å². The predicted molar refractivity (Wildman–Crippen MR) is 126 cm³/mol. The number of aromatic nitrogens is 2. The van der Waals surface area contributed by atoms with Crippen LogP contribution in [0.5, 0.6) is 5.75 Å². The minimum absolute atomic E-state index is 0.0367. The first-order chi connectivity index (χ1) is 16.6. The van der Waals surface area contributed by atoms with Crippen LogP contribution in [0.1, 0.15) is 10.4 Å². The van der Waals surface area contributed by atoms with Crippen LogP contribution >= 0.6 is 0 Å². The number of carbonyl (C=O) groups is 1. The van der Waals surface area contributed by atoms with Crippen molar-refractivity contribution in [1.29, 1.82) is 0 Å². The third kappa shape index (κ3) is 4.47. The number of methoxy groups -OCH3 is 1. The highest BCUT2D eigenvalue weighted by atomic mass is 19.1. The van der Waals surface area contributed by atoms with Crippen molar-refractivity contribution in [3.05, 3.63) is 84.2 Å². The predicted octanol–water partition coefficient (Wildman–Crippen LogP) is 4.51. The zero-order valence-electron chi connectivity index (χ0n) is 18.6. The number of hydrogen-bond donors (Lipinski definition) is 0. The summed E-state index contributed by atoms with van der Waals surface area (Å²) in [6.45, 7) is 2.72. The Labute approximate surface area is 196 Å². The third-order valence-electron chi connectivity index (χ3n) is 5.87. The highest BCUT2D eigenvalue weighted by molar-refractivity contribution is 5.95. The van der Waals surface area contributed by atoms with E-state index in [1.54, 1.807) is 37.4 Å². The molecule has 0 N–H and O–H groups in total. The number of piperazine rings is 1. The molecule has 4 aromatic rings. The maximum Gasteiger partial charge on any atom is 0.258 e. The summed E-state index contributed by atoms with van der Waals surface area (Å²) in [7, 11) is 1.65. The zero-order chi connectivity index (χ0) is 23.5. The topological polar surface area (TPSA) is 71.7 Å². The highest BCUT2D eigenvalue weighted by Gasteiger charge is 2.23. The fourth-order valence-electron chi connectivity index (χ4n) is 4.00. The maximum absolute atomic E-state index is 13.2. The van der Waals surface area contributed by atoms with E-state index in [0.717, 1.165) is 24.5 Å². The van der Waals surface area contributed by atoms with Gasteiger partial charge in [-0.1, -0.05) is 17.3 Å². The van der Waals surface area contributed by atoms with E-state index in [9.17, 15) is 9.18 Å². The molecule has 3 aromatic carbocycles. The van der Waals surface area contributed by atoms with Crippen LogP contribution in [0.4, 0.5) is 10.1 Å². The Morgan fingerprint density at radius 1 is 0.941 bits per heavy atom. The van der Waals surface area contributed by atoms with Crippen molar-refractivity contribution in [1.82, 2.24) is 15.0 Å². The number of nitrogens with zero attached hydrogens (tertiary/aromatic N) is 4. The van der Waals surface area contributed by atoms with Crippen molar-refractivity contribution in [2.45, 2.75) is 0 Å². The SMILES string of the molecule is COc1cccc(N2CCN(C(=O)c3cccc(-c4nc(-c5ccc(F)cc5)no4)c3)CC2)c1. The summed E-state index contributed by atoms with van der Waals surface area (Å²) < 4.78 is 23.9. The van der Waals surface area contributed by atoms with Gasteiger partial charge in [0.25, 0.3) is 11.8 Å². The third-order valence-corrected chi connectivity index (χ3v) is 5.87. The van der Waals surface area contributed by atoms with Crippen molar-refractivity contribution >= 4 is 11.6 Å². The van der Waals surface area contributed by atoms with Crippen molar-refractivity contribution in [2.24, 2.45) is 0 Å². The summed E-state index contributed by atoms with van der Waals surface area (Å²) in [4.78, 5) is 21.7. The number of halogens is 1. The van der Waals surface area contributed by atoms with Gasteiger partial charge in [0.15, 0.2) is 0 Å². The first-order valence-corrected chi connectivity index (χ1v) is 11.0. The first-order valence-electron chi connectivity index (χ1n) is 11.0. The van der Waals surface area contributed by atoms with Gasteiger partial charge in [-0.3, -0.25) is 4.79 Å². The van der Waals surface area contributed by atoms with Gasteiger partial charge in [-0.2, -0.15) is 4.98 Å². The van der Waals surface area contributed by atoms with E-state index in [1.165, 1.54) is 12.1 Å². The second-order valence-corrected chi connectivity index (χ2v) is 7.99. The molecule has 0 atom stereocenters. The average molecular weight is 458 g/mol. The normalized spacial score (nSPS) is 13.7. The number of hydrogen-bond acceptors (Lipinski definition) is 6.